The third-order valence-electron chi connectivity index (χ3n) is 2.94. The van der Waals surface area contributed by atoms with Crippen molar-refractivity contribution in [1.29, 1.82) is 0 Å². The topological polar surface area (TPSA) is 81.7 Å². The van der Waals surface area contributed by atoms with Crippen LogP contribution in [-0.4, -0.2) is 55.2 Å². The molecule has 0 saturated carbocycles. The summed E-state index contributed by atoms with van der Waals surface area (Å²) in [7, 11) is 1.86. The quantitative estimate of drug-likeness (QED) is 0.598. The van der Waals surface area contributed by atoms with Gasteiger partial charge in [-0.1, -0.05) is 0 Å². The van der Waals surface area contributed by atoms with Crippen LogP contribution in [-0.2, 0) is 4.79 Å². The minimum Gasteiger partial charge on any atom is -0.481 e. The fourth-order valence-electron chi connectivity index (χ4n) is 1.94. The fourth-order valence-corrected chi connectivity index (χ4v) is 1.94. The van der Waals surface area contributed by atoms with Crippen molar-refractivity contribution in [3.05, 3.63) is 0 Å². The van der Waals surface area contributed by atoms with E-state index in [2.05, 4.69) is 10.6 Å². The molecule has 0 aliphatic carbocycles. The lowest BCUT2D eigenvalue weighted by Crippen LogP contribution is -2.47. The van der Waals surface area contributed by atoms with E-state index in [1.165, 1.54) is 0 Å². The number of amides is 2. The Labute approximate surface area is 101 Å². The van der Waals surface area contributed by atoms with E-state index in [4.69, 9.17) is 5.11 Å². The molecule has 1 atom stereocenters. The van der Waals surface area contributed by atoms with Gasteiger partial charge in [0.05, 0.1) is 5.92 Å². The molecule has 1 fully saturated rings. The number of carboxylic acids is 1. The lowest BCUT2D eigenvalue weighted by Gasteiger charge is -2.30. The van der Waals surface area contributed by atoms with Crippen LogP contribution in [0, 0.1) is 5.92 Å². The lowest BCUT2D eigenvalue weighted by molar-refractivity contribution is -0.143. The molecule has 17 heavy (non-hydrogen) atoms. The SMILES string of the molecule is CNCCCNC(=O)N1CCC[C@H](C(=O)O)C1. The van der Waals surface area contributed by atoms with Crippen LogP contribution in [0.15, 0.2) is 0 Å². The third kappa shape index (κ3) is 4.60. The van der Waals surface area contributed by atoms with Crippen LogP contribution in [0.25, 0.3) is 0 Å². The maximum atomic E-state index is 11.7. The van der Waals surface area contributed by atoms with Gasteiger partial charge in [0.2, 0.25) is 0 Å². The summed E-state index contributed by atoms with van der Waals surface area (Å²) >= 11 is 0. The van der Waals surface area contributed by atoms with Gasteiger partial charge >= 0.3 is 12.0 Å². The van der Waals surface area contributed by atoms with Gasteiger partial charge in [-0.05, 0) is 32.9 Å². The van der Waals surface area contributed by atoms with Gasteiger partial charge in [0.15, 0.2) is 0 Å². The van der Waals surface area contributed by atoms with E-state index in [9.17, 15) is 9.59 Å². The molecule has 0 bridgehead atoms. The van der Waals surface area contributed by atoms with Crippen LogP contribution < -0.4 is 10.6 Å². The Balaban J connectivity index is 2.28. The highest BCUT2D eigenvalue weighted by atomic mass is 16.4. The molecule has 0 radical (unpaired) electrons. The van der Waals surface area contributed by atoms with Crippen LogP contribution in [0.5, 0.6) is 0 Å². The Morgan fingerprint density at radius 1 is 1.41 bits per heavy atom. The van der Waals surface area contributed by atoms with Gasteiger partial charge in [0, 0.05) is 19.6 Å². The predicted octanol–water partition coefficient (Wildman–Crippen LogP) is 0.102. The third-order valence-corrected chi connectivity index (χ3v) is 2.94. The van der Waals surface area contributed by atoms with Crippen molar-refractivity contribution in [3.8, 4) is 0 Å². The van der Waals surface area contributed by atoms with Crippen LogP contribution in [0.1, 0.15) is 19.3 Å². The minimum atomic E-state index is -0.808. The number of carboxylic acid groups (broad SMARTS) is 1. The lowest BCUT2D eigenvalue weighted by atomic mass is 9.99. The normalized spacial score (nSPS) is 20.1. The zero-order chi connectivity index (χ0) is 12.7. The number of rotatable bonds is 5. The number of piperidine rings is 1. The monoisotopic (exact) mass is 243 g/mol. The molecule has 0 aromatic heterocycles. The maximum Gasteiger partial charge on any atom is 0.317 e. The number of carbonyl (C=O) groups is 2. The minimum absolute atomic E-state index is 0.146. The molecule has 98 valence electrons. The first kappa shape index (κ1) is 13.8. The van der Waals surface area contributed by atoms with E-state index in [-0.39, 0.29) is 6.03 Å². The number of nitrogens with zero attached hydrogens (tertiary/aromatic N) is 1. The zero-order valence-electron chi connectivity index (χ0n) is 10.2. The van der Waals surface area contributed by atoms with E-state index in [1.54, 1.807) is 4.90 Å². The first-order chi connectivity index (χ1) is 8.15. The summed E-state index contributed by atoms with van der Waals surface area (Å²) in [4.78, 5) is 24.2. The molecule has 1 saturated heterocycles. The van der Waals surface area contributed by atoms with E-state index < -0.39 is 11.9 Å². The van der Waals surface area contributed by atoms with Gasteiger partial charge in [0.1, 0.15) is 0 Å². The molecule has 0 aromatic rings. The van der Waals surface area contributed by atoms with Gasteiger partial charge in [-0.15, -0.1) is 0 Å². The molecular formula is C11H21N3O3. The molecule has 0 aromatic carbocycles. The van der Waals surface area contributed by atoms with Gasteiger partial charge in [0.25, 0.3) is 0 Å². The summed E-state index contributed by atoms with van der Waals surface area (Å²) in [5.74, 6) is -1.22. The molecule has 6 heteroatoms. The van der Waals surface area contributed by atoms with E-state index in [1.807, 2.05) is 7.05 Å². The first-order valence-corrected chi connectivity index (χ1v) is 6.05. The second kappa shape index (κ2) is 7.11. The smallest absolute Gasteiger partial charge is 0.317 e. The van der Waals surface area contributed by atoms with Gasteiger partial charge < -0.3 is 20.6 Å². The molecule has 2 amide bonds. The van der Waals surface area contributed by atoms with Gasteiger partial charge in [-0.2, -0.15) is 0 Å². The molecule has 1 aliphatic heterocycles. The van der Waals surface area contributed by atoms with Crippen molar-refractivity contribution in [1.82, 2.24) is 15.5 Å². The van der Waals surface area contributed by atoms with E-state index in [0.29, 0.717) is 26.1 Å². The van der Waals surface area contributed by atoms with Crippen LogP contribution in [0.2, 0.25) is 0 Å². The van der Waals surface area contributed by atoms with Crippen molar-refractivity contribution < 1.29 is 14.7 Å². The van der Waals surface area contributed by atoms with Crippen molar-refractivity contribution in [3.63, 3.8) is 0 Å². The second-order valence-corrected chi connectivity index (χ2v) is 4.31. The Bertz CT molecular complexity index is 271. The van der Waals surface area contributed by atoms with Crippen molar-refractivity contribution in [2.45, 2.75) is 19.3 Å². The van der Waals surface area contributed by atoms with Crippen LogP contribution in [0.4, 0.5) is 4.79 Å². The molecule has 6 nitrogen and oxygen atoms in total. The summed E-state index contributed by atoms with van der Waals surface area (Å²) in [6, 6.07) is -0.146. The maximum absolute atomic E-state index is 11.7. The standard InChI is InChI=1S/C11H21N3O3/c1-12-5-3-6-13-11(17)14-7-2-4-9(8-14)10(15)16/h9,12H,2-8H2,1H3,(H,13,17)(H,15,16)/t9-/m0/s1. The fraction of sp³-hybridized carbons (Fsp3) is 0.818. The Morgan fingerprint density at radius 3 is 2.82 bits per heavy atom. The summed E-state index contributed by atoms with van der Waals surface area (Å²) < 4.78 is 0. The number of hydrogen-bond acceptors (Lipinski definition) is 3. The van der Waals surface area contributed by atoms with Gasteiger partial charge in [-0.25, -0.2) is 4.79 Å². The predicted molar refractivity (Wildman–Crippen MR) is 63.9 cm³/mol. The highest BCUT2D eigenvalue weighted by molar-refractivity contribution is 5.76. The number of hydrogen-bond donors (Lipinski definition) is 3. The van der Waals surface area contributed by atoms with Crippen molar-refractivity contribution in [2.24, 2.45) is 5.92 Å². The van der Waals surface area contributed by atoms with E-state index >= 15 is 0 Å². The molecule has 1 heterocycles. The van der Waals surface area contributed by atoms with Crippen molar-refractivity contribution >= 4 is 12.0 Å². The highest BCUT2D eigenvalue weighted by Crippen LogP contribution is 2.16. The van der Waals surface area contributed by atoms with Crippen LogP contribution in [0.3, 0.4) is 0 Å². The average molecular weight is 243 g/mol. The number of aliphatic carboxylic acids is 1. The molecule has 1 aliphatic rings. The van der Waals surface area contributed by atoms with E-state index in [0.717, 1.165) is 19.4 Å². The summed E-state index contributed by atoms with van der Waals surface area (Å²) in [6.45, 7) is 2.46. The largest absolute Gasteiger partial charge is 0.481 e. The summed E-state index contributed by atoms with van der Waals surface area (Å²) in [5.41, 5.74) is 0. The summed E-state index contributed by atoms with van der Waals surface area (Å²) in [6.07, 6.45) is 2.30. The molecule has 1 rings (SSSR count). The Hall–Kier alpha value is -1.30. The number of urea groups is 1. The number of likely N-dealkylation sites (tertiary alicyclic amines) is 1. The number of carbonyl (C=O) groups excluding carboxylic acids is 1. The first-order valence-electron chi connectivity index (χ1n) is 6.05. The summed E-state index contributed by atoms with van der Waals surface area (Å²) in [5, 5.41) is 14.7. The zero-order valence-corrected chi connectivity index (χ0v) is 10.2. The molecule has 3 N–H and O–H groups in total. The average Bonchev–Trinajstić information content (AvgIpc) is 2.34. The number of nitrogens with one attached hydrogen (secondary N) is 2. The van der Waals surface area contributed by atoms with Gasteiger partial charge in [-0.3, -0.25) is 4.79 Å². The molecule has 0 spiro atoms. The molecular weight excluding hydrogens is 222 g/mol. The Kier molecular flexibility index (Phi) is 5.76. The highest BCUT2D eigenvalue weighted by Gasteiger charge is 2.27. The molecule has 0 unspecified atom stereocenters. The Morgan fingerprint density at radius 2 is 2.18 bits per heavy atom. The second-order valence-electron chi connectivity index (χ2n) is 4.31. The van der Waals surface area contributed by atoms with Crippen LogP contribution >= 0.6 is 0 Å². The van der Waals surface area contributed by atoms with Crippen molar-refractivity contribution in [2.75, 3.05) is 33.2 Å².